The smallest absolute Gasteiger partial charge is 0.224 e. The van der Waals surface area contributed by atoms with Gasteiger partial charge >= 0.3 is 0 Å². The van der Waals surface area contributed by atoms with Gasteiger partial charge in [-0.15, -0.1) is 0 Å². The second kappa shape index (κ2) is 4.75. The number of aliphatic hydroxyl groups excluding tert-OH is 1. The van der Waals surface area contributed by atoms with Crippen LogP contribution in [0.25, 0.3) is 0 Å². The molecule has 0 aromatic carbocycles. The van der Waals surface area contributed by atoms with Gasteiger partial charge in [-0.1, -0.05) is 0 Å². The number of hydrogen-bond donors (Lipinski definition) is 3. The van der Waals surface area contributed by atoms with Crippen molar-refractivity contribution in [3.8, 4) is 0 Å². The average Bonchev–Trinajstić information content (AvgIpc) is 2.19. The van der Waals surface area contributed by atoms with E-state index in [9.17, 15) is 4.79 Å². The fraction of sp³-hybridized carbons (Fsp3) is 0.900. The maximum Gasteiger partial charge on any atom is 0.224 e. The van der Waals surface area contributed by atoms with Crippen LogP contribution in [-0.4, -0.2) is 36.2 Å². The molecular weight excluding hydrogens is 180 g/mol. The van der Waals surface area contributed by atoms with Gasteiger partial charge < -0.3 is 15.7 Å². The van der Waals surface area contributed by atoms with E-state index in [0.29, 0.717) is 0 Å². The molecule has 1 rings (SSSR count). The molecule has 4 nitrogen and oxygen atoms in total. The molecule has 0 saturated carbocycles. The molecule has 1 fully saturated rings. The van der Waals surface area contributed by atoms with E-state index in [1.54, 1.807) is 0 Å². The first kappa shape index (κ1) is 11.5. The summed E-state index contributed by atoms with van der Waals surface area (Å²) >= 11 is 0. The summed E-state index contributed by atoms with van der Waals surface area (Å²) < 4.78 is 0. The molecule has 0 radical (unpaired) electrons. The second-order valence-corrected chi connectivity index (χ2v) is 4.57. The van der Waals surface area contributed by atoms with Gasteiger partial charge in [0.05, 0.1) is 18.1 Å². The Labute approximate surface area is 85.1 Å². The van der Waals surface area contributed by atoms with Gasteiger partial charge in [-0.2, -0.15) is 0 Å². The number of nitrogens with one attached hydrogen (secondary N) is 2. The first-order valence-electron chi connectivity index (χ1n) is 5.19. The van der Waals surface area contributed by atoms with Crippen LogP contribution < -0.4 is 10.6 Å². The Bertz CT molecular complexity index is 198. The molecule has 0 unspecified atom stereocenters. The molecule has 1 aliphatic heterocycles. The van der Waals surface area contributed by atoms with Crippen molar-refractivity contribution in [3.05, 3.63) is 0 Å². The molecule has 0 spiro atoms. The average molecular weight is 200 g/mol. The van der Waals surface area contributed by atoms with E-state index in [4.69, 9.17) is 5.11 Å². The second-order valence-electron chi connectivity index (χ2n) is 4.57. The Hall–Kier alpha value is -0.610. The normalized spacial score (nSPS) is 23.2. The summed E-state index contributed by atoms with van der Waals surface area (Å²) in [5.41, 5.74) is -0.505. The van der Waals surface area contributed by atoms with E-state index < -0.39 is 5.54 Å². The summed E-state index contributed by atoms with van der Waals surface area (Å²) in [6.45, 7) is 5.38. The number of piperidine rings is 1. The lowest BCUT2D eigenvalue weighted by Crippen LogP contribution is -2.51. The van der Waals surface area contributed by atoms with Crippen molar-refractivity contribution in [2.24, 2.45) is 5.92 Å². The van der Waals surface area contributed by atoms with Crippen molar-refractivity contribution >= 4 is 5.91 Å². The van der Waals surface area contributed by atoms with Crippen molar-refractivity contribution in [3.63, 3.8) is 0 Å². The fourth-order valence-electron chi connectivity index (χ4n) is 1.55. The van der Waals surface area contributed by atoms with Gasteiger partial charge in [-0.25, -0.2) is 0 Å². The summed E-state index contributed by atoms with van der Waals surface area (Å²) in [6.07, 6.45) is 2.00. The largest absolute Gasteiger partial charge is 0.394 e. The quantitative estimate of drug-likeness (QED) is 0.595. The topological polar surface area (TPSA) is 61.4 Å². The molecule has 0 bridgehead atoms. The monoisotopic (exact) mass is 200 g/mol. The third-order valence-corrected chi connectivity index (χ3v) is 2.52. The van der Waals surface area contributed by atoms with Crippen LogP contribution in [0.4, 0.5) is 0 Å². The van der Waals surface area contributed by atoms with Crippen molar-refractivity contribution < 1.29 is 9.90 Å². The third kappa shape index (κ3) is 3.27. The number of rotatable bonds is 3. The summed E-state index contributed by atoms with van der Waals surface area (Å²) in [7, 11) is 0. The molecule has 0 aromatic rings. The minimum atomic E-state index is -0.505. The summed E-state index contributed by atoms with van der Waals surface area (Å²) in [4.78, 5) is 11.7. The van der Waals surface area contributed by atoms with Crippen LogP contribution in [-0.2, 0) is 4.79 Å². The van der Waals surface area contributed by atoms with Gasteiger partial charge in [0.1, 0.15) is 0 Å². The predicted octanol–water partition coefficient (Wildman–Crippen LogP) is -0.127. The van der Waals surface area contributed by atoms with Crippen LogP contribution >= 0.6 is 0 Å². The SMILES string of the molecule is CC(C)(CO)NC(=O)[C@@H]1CCCNC1. The fourth-order valence-corrected chi connectivity index (χ4v) is 1.55. The highest BCUT2D eigenvalue weighted by atomic mass is 16.3. The van der Waals surface area contributed by atoms with Crippen molar-refractivity contribution in [1.29, 1.82) is 0 Å². The number of amides is 1. The predicted molar refractivity (Wildman–Crippen MR) is 54.9 cm³/mol. The minimum absolute atomic E-state index is 0.0289. The van der Waals surface area contributed by atoms with Crippen LogP contribution in [0.15, 0.2) is 0 Å². The first-order valence-corrected chi connectivity index (χ1v) is 5.19. The van der Waals surface area contributed by atoms with Crippen molar-refractivity contribution in [2.75, 3.05) is 19.7 Å². The molecule has 82 valence electrons. The van der Waals surface area contributed by atoms with Gasteiger partial charge in [0.15, 0.2) is 0 Å². The Kier molecular flexibility index (Phi) is 3.89. The zero-order valence-corrected chi connectivity index (χ0v) is 8.97. The van der Waals surface area contributed by atoms with Gasteiger partial charge in [-0.05, 0) is 33.2 Å². The lowest BCUT2D eigenvalue weighted by atomic mass is 9.97. The molecule has 0 aromatic heterocycles. The zero-order valence-electron chi connectivity index (χ0n) is 8.97. The Morgan fingerprint density at radius 1 is 1.64 bits per heavy atom. The van der Waals surface area contributed by atoms with E-state index >= 15 is 0 Å². The van der Waals surface area contributed by atoms with Crippen LogP contribution in [0.1, 0.15) is 26.7 Å². The summed E-state index contributed by atoms with van der Waals surface area (Å²) in [5, 5.41) is 15.1. The van der Waals surface area contributed by atoms with Crippen LogP contribution in [0.5, 0.6) is 0 Å². The number of carbonyl (C=O) groups excluding carboxylic acids is 1. The van der Waals surface area contributed by atoms with Crippen LogP contribution in [0, 0.1) is 5.92 Å². The first-order chi connectivity index (χ1) is 6.55. The Morgan fingerprint density at radius 2 is 2.36 bits per heavy atom. The third-order valence-electron chi connectivity index (χ3n) is 2.52. The maximum absolute atomic E-state index is 11.7. The minimum Gasteiger partial charge on any atom is -0.394 e. The standard InChI is InChI=1S/C10H20N2O2/c1-10(2,7-13)12-9(14)8-4-3-5-11-6-8/h8,11,13H,3-7H2,1-2H3,(H,12,14)/t8-/m1/s1. The van der Waals surface area contributed by atoms with E-state index in [0.717, 1.165) is 25.9 Å². The summed E-state index contributed by atoms with van der Waals surface area (Å²) in [5.74, 6) is 0.117. The number of aliphatic hydroxyl groups is 1. The maximum atomic E-state index is 11.7. The highest BCUT2D eigenvalue weighted by Crippen LogP contribution is 2.11. The molecule has 1 aliphatic rings. The van der Waals surface area contributed by atoms with Crippen molar-refractivity contribution in [2.45, 2.75) is 32.2 Å². The molecular formula is C10H20N2O2. The molecule has 1 atom stereocenters. The molecule has 1 heterocycles. The van der Waals surface area contributed by atoms with Gasteiger partial charge in [0.2, 0.25) is 5.91 Å². The molecule has 1 amide bonds. The Balaban J connectivity index is 2.40. The van der Waals surface area contributed by atoms with Crippen LogP contribution in [0.3, 0.4) is 0 Å². The molecule has 4 heteroatoms. The van der Waals surface area contributed by atoms with Gasteiger partial charge in [0, 0.05) is 6.54 Å². The summed E-state index contributed by atoms with van der Waals surface area (Å²) in [6, 6.07) is 0. The molecule has 3 N–H and O–H groups in total. The lowest BCUT2D eigenvalue weighted by molar-refractivity contribution is -0.127. The number of carbonyl (C=O) groups is 1. The van der Waals surface area contributed by atoms with Gasteiger partial charge in [0.25, 0.3) is 0 Å². The lowest BCUT2D eigenvalue weighted by Gasteiger charge is -2.28. The van der Waals surface area contributed by atoms with E-state index in [2.05, 4.69) is 10.6 Å². The Morgan fingerprint density at radius 3 is 2.86 bits per heavy atom. The van der Waals surface area contributed by atoms with Gasteiger partial charge in [-0.3, -0.25) is 4.79 Å². The number of hydrogen-bond acceptors (Lipinski definition) is 3. The highest BCUT2D eigenvalue weighted by Gasteiger charge is 2.26. The van der Waals surface area contributed by atoms with E-state index in [-0.39, 0.29) is 18.4 Å². The van der Waals surface area contributed by atoms with E-state index in [1.807, 2.05) is 13.8 Å². The van der Waals surface area contributed by atoms with Crippen LogP contribution in [0.2, 0.25) is 0 Å². The van der Waals surface area contributed by atoms with Crippen molar-refractivity contribution in [1.82, 2.24) is 10.6 Å². The molecule has 1 saturated heterocycles. The van der Waals surface area contributed by atoms with E-state index in [1.165, 1.54) is 0 Å². The highest BCUT2D eigenvalue weighted by molar-refractivity contribution is 5.79. The zero-order chi connectivity index (χ0) is 10.6. The molecule has 0 aliphatic carbocycles. The molecule has 14 heavy (non-hydrogen) atoms.